The standard InChI is InChI=1S/C24H30O4S/c1-3-4-11-18-16-17-20(25)23(18)21(14-9-6-10-15-22(26)27-2)28-24(29)19-12-7-5-8-13-19/h5,7-8,12-13,18,21,23H,3-4,6,10-11,15-17H2,1-2H3. The van der Waals surface area contributed by atoms with E-state index < -0.39 is 6.10 Å². The normalized spacial score (nSPS) is 19.2. The second-order valence-corrected chi connectivity index (χ2v) is 7.75. The Morgan fingerprint density at radius 1 is 1.28 bits per heavy atom. The zero-order chi connectivity index (χ0) is 21.1. The summed E-state index contributed by atoms with van der Waals surface area (Å²) in [6.45, 7) is 2.16. The Balaban J connectivity index is 2.12. The number of thiocarbonyl (C=S) groups is 1. The van der Waals surface area contributed by atoms with E-state index in [1.54, 1.807) is 0 Å². The molecule has 1 aromatic rings. The molecule has 1 aliphatic carbocycles. The van der Waals surface area contributed by atoms with Gasteiger partial charge in [-0.25, -0.2) is 0 Å². The lowest BCUT2D eigenvalue weighted by atomic mass is 9.86. The minimum absolute atomic E-state index is 0.218. The number of ketones is 1. The highest BCUT2D eigenvalue weighted by molar-refractivity contribution is 7.80. The van der Waals surface area contributed by atoms with E-state index >= 15 is 0 Å². The molecule has 0 bridgehead atoms. The lowest BCUT2D eigenvalue weighted by Crippen LogP contribution is -2.32. The van der Waals surface area contributed by atoms with Crippen LogP contribution in [0.4, 0.5) is 0 Å². The average Bonchev–Trinajstić information content (AvgIpc) is 3.11. The second kappa shape index (κ2) is 12.4. The van der Waals surface area contributed by atoms with Crippen LogP contribution in [0.1, 0.15) is 63.9 Å². The van der Waals surface area contributed by atoms with Crippen molar-refractivity contribution in [3.63, 3.8) is 0 Å². The fourth-order valence-corrected chi connectivity index (χ4v) is 3.93. The summed E-state index contributed by atoms with van der Waals surface area (Å²) in [7, 11) is 1.38. The van der Waals surface area contributed by atoms with Gasteiger partial charge in [-0.1, -0.05) is 61.9 Å². The molecule has 1 aromatic carbocycles. The first-order chi connectivity index (χ1) is 14.1. The lowest BCUT2D eigenvalue weighted by molar-refractivity contribution is -0.140. The highest BCUT2D eigenvalue weighted by Crippen LogP contribution is 2.36. The fraction of sp³-hybridized carbons (Fsp3) is 0.542. The summed E-state index contributed by atoms with van der Waals surface area (Å²) in [4.78, 5) is 23.9. The van der Waals surface area contributed by atoms with Gasteiger partial charge in [-0.05, 0) is 37.4 Å². The van der Waals surface area contributed by atoms with Gasteiger partial charge >= 0.3 is 5.97 Å². The Hall–Kier alpha value is -2.19. The number of Topliss-reactive ketones (excluding diaryl/α,β-unsaturated/α-hetero) is 1. The van der Waals surface area contributed by atoms with Gasteiger partial charge in [-0.15, -0.1) is 0 Å². The molecule has 0 aromatic heterocycles. The van der Waals surface area contributed by atoms with Crippen molar-refractivity contribution >= 4 is 29.0 Å². The number of rotatable bonds is 9. The quantitative estimate of drug-likeness (QED) is 0.249. The highest BCUT2D eigenvalue weighted by atomic mass is 32.1. The number of hydrogen-bond acceptors (Lipinski definition) is 5. The molecule has 0 N–H and O–H groups in total. The molecule has 0 heterocycles. The van der Waals surface area contributed by atoms with Gasteiger partial charge in [-0.3, -0.25) is 9.59 Å². The second-order valence-electron chi connectivity index (χ2n) is 7.38. The maximum Gasteiger partial charge on any atom is 0.305 e. The number of hydrogen-bond donors (Lipinski definition) is 0. The topological polar surface area (TPSA) is 52.6 Å². The Morgan fingerprint density at radius 2 is 2.03 bits per heavy atom. The maximum absolute atomic E-state index is 12.7. The van der Waals surface area contributed by atoms with Crippen LogP contribution in [0.5, 0.6) is 0 Å². The van der Waals surface area contributed by atoms with Gasteiger partial charge in [0.25, 0.3) is 0 Å². The van der Waals surface area contributed by atoms with Crippen molar-refractivity contribution in [2.75, 3.05) is 7.11 Å². The molecule has 3 unspecified atom stereocenters. The molecule has 0 radical (unpaired) electrons. The van der Waals surface area contributed by atoms with Crippen LogP contribution < -0.4 is 0 Å². The molecule has 3 atom stereocenters. The number of unbranched alkanes of at least 4 members (excludes halogenated alkanes) is 2. The summed E-state index contributed by atoms with van der Waals surface area (Å²) in [6.07, 6.45) is 5.64. The third-order valence-corrected chi connectivity index (χ3v) is 5.63. The number of methoxy groups -OCH3 is 1. The van der Waals surface area contributed by atoms with Gasteiger partial charge in [0.05, 0.1) is 13.0 Å². The summed E-state index contributed by atoms with van der Waals surface area (Å²) in [5.74, 6) is 6.29. The summed E-state index contributed by atoms with van der Waals surface area (Å²) in [5, 5.41) is 0.369. The SMILES string of the molecule is CCCCC1CCC(=O)C1C(C#CCCCC(=O)OC)OC(=S)c1ccccc1. The van der Waals surface area contributed by atoms with E-state index in [9.17, 15) is 9.59 Å². The van der Waals surface area contributed by atoms with Crippen LogP contribution in [0.3, 0.4) is 0 Å². The van der Waals surface area contributed by atoms with Gasteiger partial charge in [-0.2, -0.15) is 0 Å². The molecule has 0 saturated heterocycles. The number of carbonyl (C=O) groups excluding carboxylic acids is 2. The molecule has 1 aliphatic rings. The number of carbonyl (C=O) groups is 2. The van der Waals surface area contributed by atoms with Gasteiger partial charge in [0.1, 0.15) is 5.78 Å². The summed E-state index contributed by atoms with van der Waals surface area (Å²) in [5.41, 5.74) is 0.815. The molecule has 0 spiro atoms. The van der Waals surface area contributed by atoms with Gasteiger partial charge in [0, 0.05) is 24.8 Å². The molecule has 1 fully saturated rings. The van der Waals surface area contributed by atoms with Crippen LogP contribution >= 0.6 is 12.2 Å². The van der Waals surface area contributed by atoms with Gasteiger partial charge in [0.15, 0.2) is 11.2 Å². The molecule has 0 amide bonds. The molecular formula is C24H30O4S. The summed E-state index contributed by atoms with van der Waals surface area (Å²) in [6, 6.07) is 9.53. The van der Waals surface area contributed by atoms with Crippen molar-refractivity contribution in [2.24, 2.45) is 11.8 Å². The summed E-state index contributed by atoms with van der Waals surface area (Å²) < 4.78 is 10.7. The summed E-state index contributed by atoms with van der Waals surface area (Å²) >= 11 is 5.49. The van der Waals surface area contributed by atoms with E-state index in [1.165, 1.54) is 7.11 Å². The lowest BCUT2D eigenvalue weighted by Gasteiger charge is -2.25. The van der Waals surface area contributed by atoms with Crippen molar-refractivity contribution in [1.29, 1.82) is 0 Å². The van der Waals surface area contributed by atoms with Crippen molar-refractivity contribution in [3.8, 4) is 11.8 Å². The van der Waals surface area contributed by atoms with Gasteiger partial charge in [0.2, 0.25) is 0 Å². The molecular weight excluding hydrogens is 384 g/mol. The van der Waals surface area contributed by atoms with E-state index in [-0.39, 0.29) is 23.6 Å². The van der Waals surface area contributed by atoms with Crippen LogP contribution in [0.2, 0.25) is 0 Å². The Morgan fingerprint density at radius 3 is 2.72 bits per heavy atom. The zero-order valence-electron chi connectivity index (χ0n) is 17.3. The predicted octanol–water partition coefficient (Wildman–Crippen LogP) is 4.88. The third kappa shape index (κ3) is 7.29. The smallest absolute Gasteiger partial charge is 0.305 e. The van der Waals surface area contributed by atoms with Crippen LogP contribution in [0, 0.1) is 23.7 Å². The van der Waals surface area contributed by atoms with E-state index in [1.807, 2.05) is 30.3 Å². The molecule has 5 heteroatoms. The number of esters is 1. The number of ether oxygens (including phenoxy) is 2. The molecule has 0 aliphatic heterocycles. The Bertz CT molecular complexity index is 747. The first-order valence-corrected chi connectivity index (χ1v) is 10.8. The van der Waals surface area contributed by atoms with Crippen LogP contribution in [-0.2, 0) is 19.1 Å². The Kier molecular flexibility index (Phi) is 9.87. The molecule has 29 heavy (non-hydrogen) atoms. The predicted molar refractivity (Wildman–Crippen MR) is 117 cm³/mol. The monoisotopic (exact) mass is 414 g/mol. The third-order valence-electron chi connectivity index (χ3n) is 5.29. The maximum atomic E-state index is 12.7. The van der Waals surface area contributed by atoms with Gasteiger partial charge < -0.3 is 9.47 Å². The Labute approximate surface area is 179 Å². The van der Waals surface area contributed by atoms with Crippen LogP contribution in [0.25, 0.3) is 0 Å². The van der Waals surface area contributed by atoms with E-state index in [0.29, 0.717) is 30.7 Å². The van der Waals surface area contributed by atoms with E-state index in [0.717, 1.165) is 31.2 Å². The highest BCUT2D eigenvalue weighted by Gasteiger charge is 2.40. The van der Waals surface area contributed by atoms with Crippen molar-refractivity contribution in [2.45, 2.75) is 64.4 Å². The van der Waals surface area contributed by atoms with Crippen LogP contribution in [0.15, 0.2) is 30.3 Å². The minimum atomic E-state index is -0.544. The number of benzene rings is 1. The minimum Gasteiger partial charge on any atom is -0.469 e. The van der Waals surface area contributed by atoms with Crippen molar-refractivity contribution in [3.05, 3.63) is 35.9 Å². The molecule has 156 valence electrons. The van der Waals surface area contributed by atoms with Crippen molar-refractivity contribution < 1.29 is 19.1 Å². The average molecular weight is 415 g/mol. The first kappa shape index (κ1) is 23.1. The largest absolute Gasteiger partial charge is 0.469 e. The first-order valence-electron chi connectivity index (χ1n) is 10.4. The molecule has 2 rings (SSSR count). The van der Waals surface area contributed by atoms with Crippen molar-refractivity contribution in [1.82, 2.24) is 0 Å². The zero-order valence-corrected chi connectivity index (χ0v) is 18.1. The molecule has 4 nitrogen and oxygen atoms in total. The van der Waals surface area contributed by atoms with Crippen LogP contribution in [-0.4, -0.2) is 30.0 Å². The molecule has 1 saturated carbocycles. The van der Waals surface area contributed by atoms with E-state index in [2.05, 4.69) is 23.5 Å². The fourth-order valence-electron chi connectivity index (χ4n) is 3.69. The van der Waals surface area contributed by atoms with E-state index in [4.69, 9.17) is 17.0 Å².